The summed E-state index contributed by atoms with van der Waals surface area (Å²) < 4.78 is 0. The molecule has 2 unspecified atom stereocenters. The molecule has 0 bridgehead atoms. The third kappa shape index (κ3) is 2.43. The summed E-state index contributed by atoms with van der Waals surface area (Å²) in [6, 6.07) is 0. The largest absolute Gasteiger partial charge is 0.379 e. The third-order valence-corrected chi connectivity index (χ3v) is 1.01. The molecule has 12 heavy (non-hydrogen) atoms. The Morgan fingerprint density at radius 3 is 1.42 bits per heavy atom. The molecule has 0 radical (unpaired) electrons. The van der Waals surface area contributed by atoms with E-state index in [2.05, 4.69) is 21.5 Å². The van der Waals surface area contributed by atoms with Crippen molar-refractivity contribution in [1.82, 2.24) is 0 Å². The maximum atomic E-state index is 10.4. The summed E-state index contributed by atoms with van der Waals surface area (Å²) in [5, 5.41) is 17.5. The highest BCUT2D eigenvalue weighted by Gasteiger charge is 2.32. The van der Waals surface area contributed by atoms with Crippen LogP contribution in [0.25, 0.3) is 0 Å². The summed E-state index contributed by atoms with van der Waals surface area (Å²) in [5.41, 5.74) is 0. The van der Waals surface area contributed by atoms with Crippen molar-refractivity contribution in [3.8, 4) is 0 Å². The molecule has 0 aliphatic rings. The lowest BCUT2D eigenvalue weighted by molar-refractivity contribution is -0.173. The van der Waals surface area contributed by atoms with Crippen LogP contribution in [0.1, 0.15) is 0 Å². The second kappa shape index (κ2) is 4.62. The van der Waals surface area contributed by atoms with Gasteiger partial charge in [-0.25, -0.2) is 9.59 Å². The molecule has 8 heteroatoms. The van der Waals surface area contributed by atoms with E-state index in [4.69, 9.17) is 10.2 Å². The Labute approximate surface area is 66.6 Å². The van der Waals surface area contributed by atoms with Crippen LogP contribution in [0.2, 0.25) is 0 Å². The molecule has 0 aliphatic heterocycles. The normalized spacial score (nSPS) is 14.7. The van der Waals surface area contributed by atoms with Gasteiger partial charge in [-0.2, -0.15) is 11.8 Å². The van der Waals surface area contributed by atoms with E-state index < -0.39 is 24.1 Å². The minimum atomic E-state index is -2.11. The molecule has 0 saturated carbocycles. The lowest BCUT2D eigenvalue weighted by atomic mass is 10.2. The number of hydrogen-bond acceptors (Lipinski definition) is 8. The van der Waals surface area contributed by atoms with Gasteiger partial charge in [0.15, 0.2) is 12.2 Å². The van der Waals surface area contributed by atoms with Gasteiger partial charge in [0.25, 0.3) is 0 Å². The number of rotatable bonds is 3. The summed E-state index contributed by atoms with van der Waals surface area (Å²) in [6.07, 6.45) is -4.21. The average Bonchev–Trinajstić information content (AvgIpc) is 2.12. The Morgan fingerprint density at radius 1 is 1.00 bits per heavy atom. The minimum Gasteiger partial charge on any atom is -0.379 e. The zero-order valence-corrected chi connectivity index (χ0v) is 5.84. The molecule has 0 aliphatic carbocycles. The number of carbonyl (C=O) groups excluding carboxylic acids is 2. The Hall–Kier alpha value is -1.22. The molecule has 8 nitrogen and oxygen atoms in total. The second-order valence-electron chi connectivity index (χ2n) is 1.76. The average molecular weight is 180 g/mol. The number of nitrogens with two attached hydrogens (primary N) is 2. The second-order valence-corrected chi connectivity index (χ2v) is 1.76. The summed E-state index contributed by atoms with van der Waals surface area (Å²) in [6.45, 7) is 0. The van der Waals surface area contributed by atoms with E-state index in [1.165, 1.54) is 0 Å². The molecule has 6 N–H and O–H groups in total. The van der Waals surface area contributed by atoms with E-state index >= 15 is 0 Å². The number of aliphatic hydroxyl groups excluding tert-OH is 2. The van der Waals surface area contributed by atoms with Crippen molar-refractivity contribution in [2.24, 2.45) is 11.8 Å². The molecule has 0 saturated heterocycles. The van der Waals surface area contributed by atoms with Crippen LogP contribution in [-0.4, -0.2) is 34.4 Å². The summed E-state index contributed by atoms with van der Waals surface area (Å²) in [5.74, 6) is 5.96. The van der Waals surface area contributed by atoms with Crippen LogP contribution in [0.5, 0.6) is 0 Å². The molecule has 0 aromatic rings. The third-order valence-electron chi connectivity index (χ3n) is 1.01. The van der Waals surface area contributed by atoms with Crippen LogP contribution < -0.4 is 11.8 Å². The lowest BCUT2D eigenvalue weighted by Crippen LogP contribution is -2.43. The number of carbonyl (C=O) groups is 2. The van der Waals surface area contributed by atoms with Gasteiger partial charge in [-0.1, -0.05) is 0 Å². The SMILES string of the molecule is NOC(=O)C(O)C(O)C(=O)ON. The van der Waals surface area contributed by atoms with Gasteiger partial charge in [-0.15, -0.1) is 0 Å². The van der Waals surface area contributed by atoms with Crippen molar-refractivity contribution >= 4 is 11.9 Å². The molecular formula is C4H8N2O6. The van der Waals surface area contributed by atoms with E-state index in [-0.39, 0.29) is 0 Å². The molecular weight excluding hydrogens is 172 g/mol. The number of hydrogen-bond donors (Lipinski definition) is 4. The number of aliphatic hydroxyl groups is 2. The van der Waals surface area contributed by atoms with Gasteiger partial charge in [0.1, 0.15) is 0 Å². The van der Waals surface area contributed by atoms with Gasteiger partial charge >= 0.3 is 11.9 Å². The van der Waals surface area contributed by atoms with Crippen molar-refractivity contribution in [1.29, 1.82) is 0 Å². The van der Waals surface area contributed by atoms with Gasteiger partial charge < -0.3 is 19.9 Å². The maximum absolute atomic E-state index is 10.4. The van der Waals surface area contributed by atoms with Crippen molar-refractivity contribution in [2.75, 3.05) is 0 Å². The first-order valence-electron chi connectivity index (χ1n) is 2.71. The molecule has 0 fully saturated rings. The van der Waals surface area contributed by atoms with Gasteiger partial charge in [0.2, 0.25) is 0 Å². The molecule has 0 aromatic carbocycles. The van der Waals surface area contributed by atoms with E-state index in [9.17, 15) is 9.59 Å². The van der Waals surface area contributed by atoms with Crippen LogP contribution in [0.15, 0.2) is 0 Å². The highest BCUT2D eigenvalue weighted by atomic mass is 16.7. The topological polar surface area (TPSA) is 145 Å². The fourth-order valence-electron chi connectivity index (χ4n) is 0.397. The Bertz CT molecular complexity index is 162. The van der Waals surface area contributed by atoms with Crippen LogP contribution in [0.4, 0.5) is 0 Å². The zero-order chi connectivity index (χ0) is 9.72. The molecule has 2 atom stereocenters. The van der Waals surface area contributed by atoms with Gasteiger partial charge in [0.05, 0.1) is 0 Å². The van der Waals surface area contributed by atoms with Crippen molar-refractivity contribution in [3.63, 3.8) is 0 Å². The maximum Gasteiger partial charge on any atom is 0.356 e. The Morgan fingerprint density at radius 2 is 1.25 bits per heavy atom. The van der Waals surface area contributed by atoms with Crippen molar-refractivity contribution < 1.29 is 29.5 Å². The van der Waals surface area contributed by atoms with E-state index in [0.717, 1.165) is 0 Å². The first kappa shape index (κ1) is 10.8. The highest BCUT2D eigenvalue weighted by Crippen LogP contribution is 1.96. The van der Waals surface area contributed by atoms with Crippen LogP contribution in [0, 0.1) is 0 Å². The standard InChI is InChI=1S/C4H8N2O6/c5-11-3(9)1(7)2(8)4(10)12-6/h1-2,7-8H,5-6H2. The van der Waals surface area contributed by atoms with Gasteiger partial charge in [-0.05, 0) is 0 Å². The quantitative estimate of drug-likeness (QED) is 0.328. The minimum absolute atomic E-state index is 1.37. The fraction of sp³-hybridized carbons (Fsp3) is 0.500. The van der Waals surface area contributed by atoms with Crippen molar-refractivity contribution in [3.05, 3.63) is 0 Å². The predicted octanol–water partition coefficient (Wildman–Crippen LogP) is -3.46. The Balaban J connectivity index is 4.18. The summed E-state index contributed by atoms with van der Waals surface area (Å²) in [7, 11) is 0. The first-order chi connectivity index (χ1) is 5.54. The van der Waals surface area contributed by atoms with Crippen molar-refractivity contribution in [2.45, 2.75) is 12.2 Å². The van der Waals surface area contributed by atoms with E-state index in [1.54, 1.807) is 0 Å². The molecule has 0 spiro atoms. The van der Waals surface area contributed by atoms with Crippen LogP contribution in [-0.2, 0) is 19.3 Å². The summed E-state index contributed by atoms with van der Waals surface area (Å²) >= 11 is 0. The molecule has 70 valence electrons. The first-order valence-corrected chi connectivity index (χ1v) is 2.71. The fourth-order valence-corrected chi connectivity index (χ4v) is 0.397. The molecule has 0 heterocycles. The predicted molar refractivity (Wildman–Crippen MR) is 32.6 cm³/mol. The van der Waals surface area contributed by atoms with Gasteiger partial charge in [0, 0.05) is 0 Å². The smallest absolute Gasteiger partial charge is 0.356 e. The highest BCUT2D eigenvalue weighted by molar-refractivity contribution is 5.84. The van der Waals surface area contributed by atoms with E-state index in [0.29, 0.717) is 0 Å². The monoisotopic (exact) mass is 180 g/mol. The molecule has 0 aromatic heterocycles. The lowest BCUT2D eigenvalue weighted by Gasteiger charge is -2.11. The van der Waals surface area contributed by atoms with Crippen LogP contribution in [0.3, 0.4) is 0 Å². The summed E-state index contributed by atoms with van der Waals surface area (Å²) in [4.78, 5) is 27.8. The molecule has 0 amide bonds. The van der Waals surface area contributed by atoms with Crippen LogP contribution >= 0.6 is 0 Å². The molecule has 0 rings (SSSR count). The van der Waals surface area contributed by atoms with E-state index in [1.807, 2.05) is 0 Å². The zero-order valence-electron chi connectivity index (χ0n) is 5.84. The Kier molecular flexibility index (Phi) is 4.15. The van der Waals surface area contributed by atoms with Gasteiger partial charge in [-0.3, -0.25) is 0 Å².